The van der Waals surface area contributed by atoms with Crippen LogP contribution >= 0.6 is 0 Å². The number of alkyl halides is 3. The monoisotopic (exact) mass is 375 g/mol. The molecule has 4 nitrogen and oxygen atoms in total. The van der Waals surface area contributed by atoms with E-state index in [9.17, 15) is 22.4 Å². The molecule has 27 heavy (non-hydrogen) atoms. The molecule has 0 fully saturated rings. The van der Waals surface area contributed by atoms with E-state index in [1.165, 1.54) is 36.9 Å². The van der Waals surface area contributed by atoms with Gasteiger partial charge in [-0.15, -0.1) is 0 Å². The summed E-state index contributed by atoms with van der Waals surface area (Å²) < 4.78 is 57.3. The van der Waals surface area contributed by atoms with Crippen molar-refractivity contribution in [3.05, 3.63) is 64.3 Å². The summed E-state index contributed by atoms with van der Waals surface area (Å²) in [6.45, 7) is 0. The van der Waals surface area contributed by atoms with Crippen LogP contribution in [0.3, 0.4) is 0 Å². The molecule has 0 amide bonds. The van der Waals surface area contributed by atoms with E-state index in [4.69, 9.17) is 0 Å². The molecule has 0 radical (unpaired) electrons. The molecule has 2 aromatic carbocycles. The van der Waals surface area contributed by atoms with Crippen molar-refractivity contribution in [2.45, 2.75) is 6.18 Å². The van der Waals surface area contributed by atoms with Gasteiger partial charge in [0.1, 0.15) is 17.2 Å². The van der Waals surface area contributed by atoms with E-state index in [-0.39, 0.29) is 22.2 Å². The van der Waals surface area contributed by atoms with Crippen LogP contribution in [0.1, 0.15) is 5.69 Å². The first kappa shape index (κ1) is 17.3. The second-order valence-electron chi connectivity index (χ2n) is 6.26. The van der Waals surface area contributed by atoms with Gasteiger partial charge in [0.15, 0.2) is 0 Å². The Bertz CT molecular complexity index is 1270. The van der Waals surface area contributed by atoms with Crippen molar-refractivity contribution in [3.8, 4) is 11.3 Å². The summed E-state index contributed by atoms with van der Waals surface area (Å²) in [5, 5.41) is 0.257. The quantitative estimate of drug-likeness (QED) is 0.467. The third-order valence-electron chi connectivity index (χ3n) is 4.65. The van der Waals surface area contributed by atoms with Crippen LogP contribution in [0.4, 0.5) is 17.6 Å². The number of hydrogen-bond donors (Lipinski definition) is 0. The lowest BCUT2D eigenvalue weighted by Gasteiger charge is -2.13. The van der Waals surface area contributed by atoms with Crippen LogP contribution in [0, 0.1) is 5.82 Å². The fourth-order valence-corrected chi connectivity index (χ4v) is 3.43. The number of rotatable bonds is 1. The van der Waals surface area contributed by atoms with Gasteiger partial charge in [0.25, 0.3) is 5.56 Å². The number of fused-ring (bicyclic) bond motifs is 2. The Balaban J connectivity index is 2.21. The molecule has 0 aliphatic carbocycles. The van der Waals surface area contributed by atoms with Gasteiger partial charge in [-0.25, -0.2) is 9.37 Å². The van der Waals surface area contributed by atoms with Crippen molar-refractivity contribution in [3.63, 3.8) is 0 Å². The molecule has 0 saturated carbocycles. The Morgan fingerprint density at radius 1 is 0.963 bits per heavy atom. The highest BCUT2D eigenvalue weighted by molar-refractivity contribution is 5.98. The highest BCUT2D eigenvalue weighted by Crippen LogP contribution is 2.41. The molecule has 8 heteroatoms. The Hall–Kier alpha value is -3.16. The Morgan fingerprint density at radius 2 is 1.67 bits per heavy atom. The van der Waals surface area contributed by atoms with Crippen molar-refractivity contribution in [2.75, 3.05) is 0 Å². The zero-order valence-corrected chi connectivity index (χ0v) is 14.3. The number of para-hydroxylation sites is 1. The van der Waals surface area contributed by atoms with E-state index in [2.05, 4.69) is 4.98 Å². The molecule has 0 unspecified atom stereocenters. The van der Waals surface area contributed by atoms with Crippen LogP contribution in [0.15, 0.2) is 47.3 Å². The van der Waals surface area contributed by atoms with Crippen LogP contribution in [0.5, 0.6) is 0 Å². The number of aryl methyl sites for hydroxylation is 2. The largest absolute Gasteiger partial charge is 0.432 e. The zero-order chi connectivity index (χ0) is 19.5. The minimum Gasteiger partial charge on any atom is -0.340 e. The van der Waals surface area contributed by atoms with Crippen molar-refractivity contribution < 1.29 is 17.6 Å². The summed E-state index contributed by atoms with van der Waals surface area (Å²) in [6, 6.07) is 9.90. The lowest BCUT2D eigenvalue weighted by molar-refractivity contribution is -0.142. The summed E-state index contributed by atoms with van der Waals surface area (Å²) in [5.74, 6) is -0.589. The van der Waals surface area contributed by atoms with E-state index in [1.54, 1.807) is 18.2 Å². The molecule has 0 spiro atoms. The topological polar surface area (TPSA) is 39.8 Å². The number of benzene rings is 2. The second kappa shape index (κ2) is 5.67. The average Bonchev–Trinajstić information content (AvgIpc) is 2.91. The van der Waals surface area contributed by atoms with Crippen LogP contribution in [0.25, 0.3) is 33.2 Å². The SMILES string of the molecule is Cn1c(C(F)(F)F)c(-c2nc3cc(F)ccc3n(C)c2=O)c2ccccc21. The fraction of sp³-hybridized carbons (Fsp3) is 0.158. The molecule has 0 N–H and O–H groups in total. The third kappa shape index (κ3) is 2.51. The highest BCUT2D eigenvalue weighted by Gasteiger charge is 2.40. The summed E-state index contributed by atoms with van der Waals surface area (Å²) in [6.07, 6.45) is -4.70. The van der Waals surface area contributed by atoms with Gasteiger partial charge < -0.3 is 9.13 Å². The van der Waals surface area contributed by atoms with Crippen molar-refractivity contribution in [1.29, 1.82) is 0 Å². The van der Waals surface area contributed by atoms with Gasteiger partial charge in [0.05, 0.1) is 11.0 Å². The predicted octanol–water partition coefficient (Wildman–Crippen LogP) is 4.25. The number of nitrogens with zero attached hydrogens (tertiary/aromatic N) is 3. The molecule has 0 atom stereocenters. The van der Waals surface area contributed by atoms with Gasteiger partial charge in [0, 0.05) is 36.6 Å². The molecule has 2 heterocycles. The molecule has 0 aliphatic rings. The summed E-state index contributed by atoms with van der Waals surface area (Å²) in [7, 11) is 2.71. The molecule has 4 aromatic rings. The normalized spacial score (nSPS) is 12.2. The number of halogens is 4. The van der Waals surface area contributed by atoms with Gasteiger partial charge in [-0.1, -0.05) is 18.2 Å². The molecule has 0 aliphatic heterocycles. The Morgan fingerprint density at radius 3 is 2.37 bits per heavy atom. The van der Waals surface area contributed by atoms with Gasteiger partial charge >= 0.3 is 6.18 Å². The van der Waals surface area contributed by atoms with E-state index >= 15 is 0 Å². The fourth-order valence-electron chi connectivity index (χ4n) is 3.43. The first-order valence-corrected chi connectivity index (χ1v) is 8.01. The smallest absolute Gasteiger partial charge is 0.340 e. The average molecular weight is 375 g/mol. The first-order chi connectivity index (χ1) is 12.7. The molecule has 4 rings (SSSR count). The van der Waals surface area contributed by atoms with Gasteiger partial charge in [-0.05, 0) is 18.2 Å². The Kier molecular flexibility index (Phi) is 3.62. The standard InChI is InChI=1S/C19H13F4N3O/c1-25-13-6-4-3-5-11(13)15(17(25)19(21,22)23)16-18(27)26(2)14-8-7-10(20)9-12(14)24-16/h3-9H,1-2H3. The lowest BCUT2D eigenvalue weighted by Crippen LogP contribution is -2.22. The predicted molar refractivity (Wildman–Crippen MR) is 93.9 cm³/mol. The first-order valence-electron chi connectivity index (χ1n) is 8.01. The summed E-state index contributed by atoms with van der Waals surface area (Å²) in [5.41, 5.74) is -1.55. The van der Waals surface area contributed by atoms with E-state index < -0.39 is 23.2 Å². The van der Waals surface area contributed by atoms with Crippen LogP contribution < -0.4 is 5.56 Å². The van der Waals surface area contributed by atoms with E-state index in [0.717, 1.165) is 10.6 Å². The molecular weight excluding hydrogens is 362 g/mol. The third-order valence-corrected chi connectivity index (χ3v) is 4.65. The lowest BCUT2D eigenvalue weighted by atomic mass is 10.1. The maximum Gasteiger partial charge on any atom is 0.432 e. The van der Waals surface area contributed by atoms with Gasteiger partial charge in [0.2, 0.25) is 0 Å². The molecule has 2 aromatic heterocycles. The van der Waals surface area contributed by atoms with E-state index in [1.807, 2.05) is 0 Å². The number of aromatic nitrogens is 3. The molecule has 0 bridgehead atoms. The molecule has 0 saturated heterocycles. The minimum atomic E-state index is -4.70. The molecule has 138 valence electrons. The highest BCUT2D eigenvalue weighted by atomic mass is 19.4. The van der Waals surface area contributed by atoms with Crippen molar-refractivity contribution in [1.82, 2.24) is 14.1 Å². The Labute approximate surface area is 150 Å². The number of hydrogen-bond acceptors (Lipinski definition) is 2. The second-order valence-corrected chi connectivity index (χ2v) is 6.26. The minimum absolute atomic E-state index is 0.105. The molecular formula is C19H13F4N3O. The van der Waals surface area contributed by atoms with Crippen LogP contribution in [0.2, 0.25) is 0 Å². The maximum atomic E-state index is 13.8. The van der Waals surface area contributed by atoms with Crippen LogP contribution in [-0.2, 0) is 20.3 Å². The van der Waals surface area contributed by atoms with Crippen LogP contribution in [-0.4, -0.2) is 14.1 Å². The maximum absolute atomic E-state index is 13.8. The zero-order valence-electron chi connectivity index (χ0n) is 14.3. The summed E-state index contributed by atoms with van der Waals surface area (Å²) in [4.78, 5) is 16.9. The van der Waals surface area contributed by atoms with Crippen molar-refractivity contribution in [2.24, 2.45) is 14.1 Å². The summed E-state index contributed by atoms with van der Waals surface area (Å²) >= 11 is 0. The van der Waals surface area contributed by atoms with E-state index in [0.29, 0.717) is 11.0 Å². The van der Waals surface area contributed by atoms with Gasteiger partial charge in [-0.3, -0.25) is 4.79 Å². The van der Waals surface area contributed by atoms with Crippen molar-refractivity contribution >= 4 is 21.9 Å². The van der Waals surface area contributed by atoms with Gasteiger partial charge in [-0.2, -0.15) is 13.2 Å².